The molecule has 1 aromatic heterocycles. The minimum absolute atomic E-state index is 0.108. The number of hydrogen-bond acceptors (Lipinski definition) is 3. The van der Waals surface area contributed by atoms with E-state index in [1.165, 1.54) is 36.1 Å². The van der Waals surface area contributed by atoms with Gasteiger partial charge in [0.25, 0.3) is 5.91 Å². The monoisotopic (exact) mass is 343 g/mol. The molecule has 0 fully saturated rings. The number of urea groups is 1. The second-order valence-electron chi connectivity index (χ2n) is 6.00. The predicted molar refractivity (Wildman–Crippen MR) is 97.8 cm³/mol. The molecule has 0 unspecified atom stereocenters. The van der Waals surface area contributed by atoms with Gasteiger partial charge in [0.15, 0.2) is 0 Å². The molecule has 0 atom stereocenters. The largest absolute Gasteiger partial charge is 0.351 e. The van der Waals surface area contributed by atoms with Gasteiger partial charge in [-0.3, -0.25) is 4.79 Å². The topological polar surface area (TPSA) is 84.2 Å². The summed E-state index contributed by atoms with van der Waals surface area (Å²) in [4.78, 5) is 25.5. The Morgan fingerprint density at radius 1 is 0.958 bits per heavy atom. The fraction of sp³-hybridized carbons (Fsp3) is 0.333. The lowest BCUT2D eigenvalue weighted by Crippen LogP contribution is -2.19. The Morgan fingerprint density at radius 3 is 2.42 bits per heavy atom. The molecule has 6 heteroatoms. The molecule has 2 aromatic rings. The van der Waals surface area contributed by atoms with Gasteiger partial charge >= 0.3 is 6.03 Å². The molecule has 126 valence electrons. The summed E-state index contributed by atoms with van der Waals surface area (Å²) in [6, 6.07) is 8.36. The van der Waals surface area contributed by atoms with Gasteiger partial charge in [0.05, 0.1) is 4.88 Å². The number of rotatable bonds is 3. The van der Waals surface area contributed by atoms with E-state index in [1.54, 1.807) is 35.6 Å². The second kappa shape index (κ2) is 7.49. The van der Waals surface area contributed by atoms with Crippen LogP contribution in [-0.2, 0) is 12.8 Å². The number of hydrogen-bond donors (Lipinski definition) is 3. The highest BCUT2D eigenvalue weighted by atomic mass is 32.1. The van der Waals surface area contributed by atoms with Crippen molar-refractivity contribution in [1.82, 2.24) is 0 Å². The fourth-order valence-electron chi connectivity index (χ4n) is 2.97. The first-order valence-corrected chi connectivity index (χ1v) is 9.03. The van der Waals surface area contributed by atoms with Crippen LogP contribution in [0.3, 0.4) is 0 Å². The zero-order chi connectivity index (χ0) is 16.9. The molecule has 0 bridgehead atoms. The third-order valence-corrected chi connectivity index (χ3v) is 5.34. The molecular formula is C18H21N3O2S. The molecule has 1 aromatic carbocycles. The Balaban J connectivity index is 1.73. The second-order valence-corrected chi connectivity index (χ2v) is 7.13. The zero-order valence-electron chi connectivity index (χ0n) is 13.4. The molecule has 1 aliphatic carbocycles. The number of amides is 3. The predicted octanol–water partition coefficient (Wildman–Crippen LogP) is 4.15. The van der Waals surface area contributed by atoms with Crippen LogP contribution in [0.4, 0.5) is 16.2 Å². The molecule has 24 heavy (non-hydrogen) atoms. The van der Waals surface area contributed by atoms with Crippen molar-refractivity contribution < 1.29 is 9.59 Å². The zero-order valence-corrected chi connectivity index (χ0v) is 14.2. The average molecular weight is 343 g/mol. The number of nitrogens with two attached hydrogens (primary N) is 1. The Kier molecular flexibility index (Phi) is 5.15. The number of aryl methyl sites for hydroxylation is 2. The van der Waals surface area contributed by atoms with Crippen LogP contribution in [-0.4, -0.2) is 11.9 Å². The molecule has 3 rings (SSSR count). The lowest BCUT2D eigenvalue weighted by molar-refractivity contribution is 0.103. The quantitative estimate of drug-likeness (QED) is 0.782. The van der Waals surface area contributed by atoms with Gasteiger partial charge in [-0.15, -0.1) is 11.3 Å². The average Bonchev–Trinajstić information content (AvgIpc) is 2.89. The van der Waals surface area contributed by atoms with Crippen LogP contribution in [0.1, 0.15) is 45.8 Å². The maximum Gasteiger partial charge on any atom is 0.316 e. The van der Waals surface area contributed by atoms with Gasteiger partial charge in [0, 0.05) is 16.3 Å². The molecule has 3 amide bonds. The number of anilines is 2. The number of primary amides is 1. The van der Waals surface area contributed by atoms with E-state index in [9.17, 15) is 9.59 Å². The molecule has 1 aliphatic rings. The van der Waals surface area contributed by atoms with E-state index in [4.69, 9.17) is 5.73 Å². The summed E-state index contributed by atoms with van der Waals surface area (Å²) in [5.74, 6) is -0.108. The summed E-state index contributed by atoms with van der Waals surface area (Å²) in [6.45, 7) is 0. The van der Waals surface area contributed by atoms with Crippen LogP contribution in [0.25, 0.3) is 0 Å². The number of nitrogens with one attached hydrogen (secondary N) is 2. The molecule has 0 saturated carbocycles. The van der Waals surface area contributed by atoms with Crippen LogP contribution in [0, 0.1) is 0 Å². The van der Waals surface area contributed by atoms with Crippen molar-refractivity contribution in [1.29, 1.82) is 0 Å². The van der Waals surface area contributed by atoms with Crippen molar-refractivity contribution >= 4 is 34.6 Å². The number of thiophene rings is 1. The normalized spacial score (nSPS) is 14.2. The SMILES string of the molecule is NC(=O)Nc1cccc(NC(=O)c2cc3c(s2)CCCCCC3)c1. The summed E-state index contributed by atoms with van der Waals surface area (Å²) in [6.07, 6.45) is 7.10. The Hall–Kier alpha value is -2.34. The first-order valence-electron chi connectivity index (χ1n) is 8.21. The van der Waals surface area contributed by atoms with E-state index >= 15 is 0 Å². The molecule has 0 aliphatic heterocycles. The molecule has 0 saturated heterocycles. The number of benzene rings is 1. The molecule has 0 radical (unpaired) electrons. The summed E-state index contributed by atoms with van der Waals surface area (Å²) in [5.41, 5.74) is 7.63. The van der Waals surface area contributed by atoms with E-state index in [1.807, 2.05) is 6.07 Å². The first kappa shape index (κ1) is 16.5. The highest BCUT2D eigenvalue weighted by Gasteiger charge is 2.16. The van der Waals surface area contributed by atoms with Crippen molar-refractivity contribution in [3.05, 3.63) is 45.6 Å². The molecular weight excluding hydrogens is 322 g/mol. The van der Waals surface area contributed by atoms with E-state index in [-0.39, 0.29) is 5.91 Å². The third-order valence-electron chi connectivity index (χ3n) is 4.11. The maximum atomic E-state index is 12.5. The minimum atomic E-state index is -0.628. The van der Waals surface area contributed by atoms with Gasteiger partial charge in [-0.2, -0.15) is 0 Å². The van der Waals surface area contributed by atoms with Crippen LogP contribution >= 0.6 is 11.3 Å². The Morgan fingerprint density at radius 2 is 1.67 bits per heavy atom. The summed E-state index contributed by atoms with van der Waals surface area (Å²) in [7, 11) is 0. The van der Waals surface area contributed by atoms with Crippen molar-refractivity contribution in [2.24, 2.45) is 5.73 Å². The molecule has 0 spiro atoms. The maximum absolute atomic E-state index is 12.5. The molecule has 4 N–H and O–H groups in total. The molecule has 1 heterocycles. The summed E-state index contributed by atoms with van der Waals surface area (Å²) in [5, 5.41) is 5.39. The summed E-state index contributed by atoms with van der Waals surface area (Å²) < 4.78 is 0. The van der Waals surface area contributed by atoms with E-state index in [2.05, 4.69) is 10.6 Å². The minimum Gasteiger partial charge on any atom is -0.351 e. The lowest BCUT2D eigenvalue weighted by atomic mass is 10.00. The van der Waals surface area contributed by atoms with Crippen molar-refractivity contribution in [2.75, 3.05) is 10.6 Å². The highest BCUT2D eigenvalue weighted by Crippen LogP contribution is 2.29. The molecule has 5 nitrogen and oxygen atoms in total. The number of carbonyl (C=O) groups excluding carboxylic acids is 2. The number of carbonyl (C=O) groups is 2. The van der Waals surface area contributed by atoms with Gasteiger partial charge in [-0.1, -0.05) is 18.9 Å². The van der Waals surface area contributed by atoms with Crippen molar-refractivity contribution in [3.8, 4) is 0 Å². The smallest absolute Gasteiger partial charge is 0.316 e. The number of fused-ring (bicyclic) bond motifs is 1. The van der Waals surface area contributed by atoms with Gasteiger partial charge < -0.3 is 16.4 Å². The lowest BCUT2D eigenvalue weighted by Gasteiger charge is -2.07. The first-order chi connectivity index (χ1) is 11.6. The van der Waals surface area contributed by atoms with Gasteiger partial charge in [0.1, 0.15) is 0 Å². The van der Waals surface area contributed by atoms with Crippen LogP contribution < -0.4 is 16.4 Å². The van der Waals surface area contributed by atoms with E-state index < -0.39 is 6.03 Å². The van der Waals surface area contributed by atoms with Crippen molar-refractivity contribution in [3.63, 3.8) is 0 Å². The van der Waals surface area contributed by atoms with Crippen molar-refractivity contribution in [2.45, 2.75) is 38.5 Å². The Labute approximate surface area is 145 Å². The summed E-state index contributed by atoms with van der Waals surface area (Å²) >= 11 is 1.60. The van der Waals surface area contributed by atoms with Gasteiger partial charge in [-0.05, 0) is 55.5 Å². The van der Waals surface area contributed by atoms with Crippen LogP contribution in [0.15, 0.2) is 30.3 Å². The van der Waals surface area contributed by atoms with Gasteiger partial charge in [0.2, 0.25) is 0 Å². The van der Waals surface area contributed by atoms with Crippen LogP contribution in [0.5, 0.6) is 0 Å². The standard InChI is InChI=1S/C18H21N3O2S/c19-18(23)21-14-8-5-7-13(11-14)20-17(22)16-10-12-6-3-1-2-4-9-15(12)24-16/h5,7-8,10-11H,1-4,6,9H2,(H,20,22)(H3,19,21,23). The third kappa shape index (κ3) is 4.14. The van der Waals surface area contributed by atoms with Crippen LogP contribution in [0.2, 0.25) is 0 Å². The van der Waals surface area contributed by atoms with E-state index in [0.717, 1.165) is 17.7 Å². The fourth-order valence-corrected chi connectivity index (χ4v) is 4.11. The highest BCUT2D eigenvalue weighted by molar-refractivity contribution is 7.14. The van der Waals surface area contributed by atoms with E-state index in [0.29, 0.717) is 11.4 Å². The van der Waals surface area contributed by atoms with Gasteiger partial charge in [-0.25, -0.2) is 4.79 Å². The Bertz CT molecular complexity index is 729.